The topological polar surface area (TPSA) is 29.1 Å². The molecule has 2 aromatic carbocycles. The zero-order valence-corrected chi connectivity index (χ0v) is 9.41. The van der Waals surface area contributed by atoms with Crippen molar-refractivity contribution in [3.8, 4) is 0 Å². The summed E-state index contributed by atoms with van der Waals surface area (Å²) in [5.41, 5.74) is 3.12. The summed E-state index contributed by atoms with van der Waals surface area (Å²) in [4.78, 5) is 10.9. The standard InChI is InChI=1S/C13H11BFNO/c14-10-2-1-9(8-17)13(7-10)16-12-5-3-11(15)4-6-12/h1-8,16H,14H2. The van der Waals surface area contributed by atoms with Crippen LogP contribution in [-0.4, -0.2) is 14.1 Å². The number of anilines is 2. The lowest BCUT2D eigenvalue weighted by Gasteiger charge is -2.09. The van der Waals surface area contributed by atoms with Crippen LogP contribution in [0.4, 0.5) is 15.8 Å². The van der Waals surface area contributed by atoms with Crippen LogP contribution in [0, 0.1) is 5.82 Å². The van der Waals surface area contributed by atoms with E-state index in [1.54, 1.807) is 18.2 Å². The molecule has 0 aliphatic rings. The van der Waals surface area contributed by atoms with E-state index in [1.165, 1.54) is 12.1 Å². The molecule has 0 saturated carbocycles. The maximum Gasteiger partial charge on any atom is 0.152 e. The maximum absolute atomic E-state index is 12.8. The predicted molar refractivity (Wildman–Crippen MR) is 69.7 cm³/mol. The van der Waals surface area contributed by atoms with Gasteiger partial charge in [-0.3, -0.25) is 4.79 Å². The smallest absolute Gasteiger partial charge is 0.152 e. The molecule has 0 radical (unpaired) electrons. The van der Waals surface area contributed by atoms with Gasteiger partial charge in [0.2, 0.25) is 0 Å². The molecule has 1 N–H and O–H groups in total. The molecule has 0 fully saturated rings. The first-order chi connectivity index (χ1) is 8.19. The van der Waals surface area contributed by atoms with Gasteiger partial charge in [-0.15, -0.1) is 0 Å². The van der Waals surface area contributed by atoms with Crippen LogP contribution in [0.25, 0.3) is 0 Å². The maximum atomic E-state index is 12.8. The number of carbonyl (C=O) groups excluding carboxylic acids is 1. The highest BCUT2D eigenvalue weighted by atomic mass is 19.1. The minimum atomic E-state index is -0.282. The molecular weight excluding hydrogens is 216 g/mol. The fourth-order valence-corrected chi connectivity index (χ4v) is 1.57. The first kappa shape index (κ1) is 11.4. The van der Waals surface area contributed by atoms with Crippen molar-refractivity contribution in [1.82, 2.24) is 0 Å². The molecule has 0 spiro atoms. The van der Waals surface area contributed by atoms with Crippen molar-refractivity contribution in [1.29, 1.82) is 0 Å². The van der Waals surface area contributed by atoms with Gasteiger partial charge in [-0.05, 0) is 30.3 Å². The number of benzene rings is 2. The van der Waals surface area contributed by atoms with E-state index in [0.717, 1.165) is 23.1 Å². The molecule has 0 unspecified atom stereocenters. The highest BCUT2D eigenvalue weighted by Gasteiger charge is 2.02. The quantitative estimate of drug-likeness (QED) is 0.637. The van der Waals surface area contributed by atoms with Gasteiger partial charge in [-0.1, -0.05) is 17.6 Å². The molecule has 0 aliphatic carbocycles. The zero-order chi connectivity index (χ0) is 12.3. The molecule has 0 bridgehead atoms. The number of halogens is 1. The monoisotopic (exact) mass is 227 g/mol. The molecule has 0 aliphatic heterocycles. The Hall–Kier alpha value is -2.10. The Morgan fingerprint density at radius 1 is 1.12 bits per heavy atom. The summed E-state index contributed by atoms with van der Waals surface area (Å²) in [6.07, 6.45) is 0.797. The summed E-state index contributed by atoms with van der Waals surface area (Å²) in [7, 11) is 1.95. The van der Waals surface area contributed by atoms with Gasteiger partial charge in [0.15, 0.2) is 6.29 Å². The van der Waals surface area contributed by atoms with Crippen LogP contribution < -0.4 is 10.8 Å². The zero-order valence-electron chi connectivity index (χ0n) is 9.41. The van der Waals surface area contributed by atoms with Crippen molar-refractivity contribution in [3.05, 3.63) is 53.8 Å². The lowest BCUT2D eigenvalue weighted by atomic mass is 9.94. The van der Waals surface area contributed by atoms with Crippen LogP contribution in [-0.2, 0) is 0 Å². The Bertz CT molecular complexity index is 540. The number of aldehydes is 1. The molecule has 0 atom stereocenters. The summed E-state index contributed by atoms with van der Waals surface area (Å²) in [6.45, 7) is 0. The second-order valence-electron chi connectivity index (χ2n) is 3.84. The lowest BCUT2D eigenvalue weighted by molar-refractivity contribution is 0.112. The summed E-state index contributed by atoms with van der Waals surface area (Å²) < 4.78 is 12.8. The SMILES string of the molecule is Bc1ccc(C=O)c(Nc2ccc(F)cc2)c1. The van der Waals surface area contributed by atoms with Crippen LogP contribution in [0.15, 0.2) is 42.5 Å². The van der Waals surface area contributed by atoms with Gasteiger partial charge in [0, 0.05) is 16.9 Å². The van der Waals surface area contributed by atoms with Crippen LogP contribution in [0.1, 0.15) is 10.4 Å². The fraction of sp³-hybridized carbons (Fsp3) is 0. The van der Waals surface area contributed by atoms with Gasteiger partial charge in [-0.25, -0.2) is 4.39 Å². The molecule has 0 aromatic heterocycles. The molecular formula is C13H11BFNO. The lowest BCUT2D eigenvalue weighted by Crippen LogP contribution is -2.05. The average molecular weight is 227 g/mol. The van der Waals surface area contributed by atoms with Crippen LogP contribution in [0.3, 0.4) is 0 Å². The van der Waals surface area contributed by atoms with E-state index in [9.17, 15) is 9.18 Å². The number of hydrogen-bond donors (Lipinski definition) is 1. The molecule has 2 rings (SSSR count). The third kappa shape index (κ3) is 2.72. The van der Waals surface area contributed by atoms with Gasteiger partial charge < -0.3 is 5.32 Å². The molecule has 0 heterocycles. The average Bonchev–Trinajstić information content (AvgIpc) is 2.32. The normalized spacial score (nSPS) is 9.94. The predicted octanol–water partition coefficient (Wildman–Crippen LogP) is 1.64. The van der Waals surface area contributed by atoms with E-state index in [4.69, 9.17) is 0 Å². The minimum absolute atomic E-state index is 0.282. The summed E-state index contributed by atoms with van der Waals surface area (Å²) >= 11 is 0. The van der Waals surface area contributed by atoms with E-state index in [1.807, 2.05) is 20.0 Å². The first-order valence-electron chi connectivity index (χ1n) is 5.27. The Balaban J connectivity index is 2.31. The van der Waals surface area contributed by atoms with Gasteiger partial charge in [0.25, 0.3) is 0 Å². The van der Waals surface area contributed by atoms with Crippen molar-refractivity contribution in [2.45, 2.75) is 0 Å². The third-order valence-electron chi connectivity index (χ3n) is 2.46. The van der Waals surface area contributed by atoms with Gasteiger partial charge >= 0.3 is 0 Å². The second kappa shape index (κ2) is 4.83. The number of carbonyl (C=O) groups is 1. The largest absolute Gasteiger partial charge is 0.355 e. The van der Waals surface area contributed by atoms with Gasteiger partial charge in [0.1, 0.15) is 13.7 Å². The van der Waals surface area contributed by atoms with Gasteiger partial charge in [0.05, 0.1) is 0 Å². The van der Waals surface area contributed by atoms with E-state index in [-0.39, 0.29) is 5.82 Å². The molecule has 84 valence electrons. The fourth-order valence-electron chi connectivity index (χ4n) is 1.57. The van der Waals surface area contributed by atoms with Crippen molar-refractivity contribution in [2.75, 3.05) is 5.32 Å². The molecule has 2 nitrogen and oxygen atoms in total. The Labute approximate surface area is 99.9 Å². The molecule has 0 saturated heterocycles. The number of nitrogens with one attached hydrogen (secondary N) is 1. The van der Waals surface area contributed by atoms with Crippen molar-refractivity contribution in [2.24, 2.45) is 0 Å². The van der Waals surface area contributed by atoms with E-state index < -0.39 is 0 Å². The Kier molecular flexibility index (Phi) is 3.23. The van der Waals surface area contributed by atoms with E-state index >= 15 is 0 Å². The van der Waals surface area contributed by atoms with Crippen molar-refractivity contribution in [3.63, 3.8) is 0 Å². The van der Waals surface area contributed by atoms with Crippen LogP contribution in [0.2, 0.25) is 0 Å². The van der Waals surface area contributed by atoms with Crippen LogP contribution in [0.5, 0.6) is 0 Å². The molecule has 17 heavy (non-hydrogen) atoms. The van der Waals surface area contributed by atoms with Gasteiger partial charge in [-0.2, -0.15) is 0 Å². The van der Waals surface area contributed by atoms with Crippen LogP contribution >= 0.6 is 0 Å². The Morgan fingerprint density at radius 2 is 1.82 bits per heavy atom. The highest BCUT2D eigenvalue weighted by Crippen LogP contribution is 2.18. The van der Waals surface area contributed by atoms with Crippen molar-refractivity contribution >= 4 is 31.0 Å². The molecule has 4 heteroatoms. The minimum Gasteiger partial charge on any atom is -0.355 e. The summed E-state index contributed by atoms with van der Waals surface area (Å²) in [6, 6.07) is 11.5. The molecule has 0 amide bonds. The van der Waals surface area contributed by atoms with E-state index in [0.29, 0.717) is 5.56 Å². The number of rotatable bonds is 3. The third-order valence-corrected chi connectivity index (χ3v) is 2.46. The first-order valence-corrected chi connectivity index (χ1v) is 5.27. The second-order valence-corrected chi connectivity index (χ2v) is 3.84. The summed E-state index contributed by atoms with van der Waals surface area (Å²) in [5, 5.41) is 3.09. The van der Waals surface area contributed by atoms with Crippen molar-refractivity contribution < 1.29 is 9.18 Å². The summed E-state index contributed by atoms with van der Waals surface area (Å²) in [5.74, 6) is -0.282. The van der Waals surface area contributed by atoms with E-state index in [2.05, 4.69) is 5.32 Å². The number of hydrogen-bond acceptors (Lipinski definition) is 2. The Morgan fingerprint density at radius 3 is 2.47 bits per heavy atom. The highest BCUT2D eigenvalue weighted by molar-refractivity contribution is 6.32. The molecule has 2 aromatic rings.